The fourth-order valence-electron chi connectivity index (χ4n) is 2.22. The van der Waals surface area contributed by atoms with Crippen LogP contribution in [0.25, 0.3) is 0 Å². The van der Waals surface area contributed by atoms with Gasteiger partial charge in [0.15, 0.2) is 11.4 Å². The molecule has 7 nitrogen and oxygen atoms in total. The van der Waals surface area contributed by atoms with Crippen molar-refractivity contribution < 1.29 is 18.5 Å². The predicted molar refractivity (Wildman–Crippen MR) is 106 cm³/mol. The lowest BCUT2D eigenvalue weighted by atomic mass is 10.2. The monoisotopic (exact) mass is 472 g/mol. The van der Waals surface area contributed by atoms with Gasteiger partial charge < -0.3 is 14.6 Å². The molecule has 0 spiro atoms. The Morgan fingerprint density at radius 3 is 3.00 bits per heavy atom. The number of ether oxygens (including phenoxy) is 1. The standard InChI is InChI=1S/C16H14BrFN4O3S2/c1-25-6-5-22-14(9-13(21-27(22)24)16-19-4-7-26-16)15(23)20-10-2-3-12(18)11(17)8-10/h2-4,7-9H,5-6H2,1H3,(H,20,23). The third-order valence-corrected chi connectivity index (χ3v) is 5.98. The van der Waals surface area contributed by atoms with E-state index in [1.54, 1.807) is 11.6 Å². The van der Waals surface area contributed by atoms with Crippen LogP contribution in [0.3, 0.4) is 0 Å². The van der Waals surface area contributed by atoms with Crippen molar-refractivity contribution in [3.63, 3.8) is 0 Å². The third-order valence-electron chi connectivity index (χ3n) is 3.47. The van der Waals surface area contributed by atoms with Gasteiger partial charge in [-0.3, -0.25) is 4.79 Å². The zero-order chi connectivity index (χ0) is 19.4. The highest BCUT2D eigenvalue weighted by Gasteiger charge is 2.33. The summed E-state index contributed by atoms with van der Waals surface area (Å²) in [5.74, 6) is -0.937. The molecule has 1 aromatic carbocycles. The van der Waals surface area contributed by atoms with Crippen molar-refractivity contribution in [2.24, 2.45) is 4.40 Å². The maximum absolute atomic E-state index is 13.4. The van der Waals surface area contributed by atoms with Crippen molar-refractivity contribution in [1.82, 2.24) is 9.29 Å². The molecular formula is C16H14BrFN4O3S2. The van der Waals surface area contributed by atoms with Crippen molar-refractivity contribution in [2.75, 3.05) is 25.6 Å². The van der Waals surface area contributed by atoms with E-state index < -0.39 is 23.3 Å². The molecule has 142 valence electrons. The summed E-state index contributed by atoms with van der Waals surface area (Å²) in [5, 5.41) is 5.01. The number of hydrogen-bond donors (Lipinski definition) is 1. The molecule has 1 aliphatic heterocycles. The Labute approximate surface area is 170 Å². The fraction of sp³-hybridized carbons (Fsp3) is 0.188. The van der Waals surface area contributed by atoms with Crippen molar-refractivity contribution in [3.05, 3.63) is 56.8 Å². The van der Waals surface area contributed by atoms with Gasteiger partial charge in [-0.25, -0.2) is 9.37 Å². The Morgan fingerprint density at radius 2 is 2.33 bits per heavy atom. The highest BCUT2D eigenvalue weighted by molar-refractivity contribution is 9.10. The van der Waals surface area contributed by atoms with Crippen LogP contribution in [0, 0.1) is 5.82 Å². The summed E-state index contributed by atoms with van der Waals surface area (Å²) in [4.78, 5) is 17.0. The summed E-state index contributed by atoms with van der Waals surface area (Å²) >= 11 is 2.61. The van der Waals surface area contributed by atoms with Crippen LogP contribution in [-0.2, 0) is 21.1 Å². The van der Waals surface area contributed by atoms with Gasteiger partial charge in [0.2, 0.25) is 11.5 Å². The van der Waals surface area contributed by atoms with E-state index in [1.165, 1.54) is 47.0 Å². The van der Waals surface area contributed by atoms with E-state index in [0.717, 1.165) is 0 Å². The van der Waals surface area contributed by atoms with E-state index in [9.17, 15) is 13.7 Å². The average molecular weight is 473 g/mol. The van der Waals surface area contributed by atoms with Gasteiger partial charge in [-0.15, -0.1) is 11.3 Å². The van der Waals surface area contributed by atoms with E-state index in [1.807, 2.05) is 0 Å². The third kappa shape index (κ3) is 4.74. The van der Waals surface area contributed by atoms with Crippen LogP contribution in [-0.4, -0.2) is 45.7 Å². The van der Waals surface area contributed by atoms with Crippen LogP contribution in [0.1, 0.15) is 5.01 Å². The zero-order valence-electron chi connectivity index (χ0n) is 14.0. The highest BCUT2D eigenvalue weighted by Crippen LogP contribution is 2.25. The van der Waals surface area contributed by atoms with Crippen molar-refractivity contribution in [2.45, 2.75) is 0 Å². The number of amides is 1. The number of allylic oxidation sites excluding steroid dienone is 1. The molecular weight excluding hydrogens is 459 g/mol. The fourth-order valence-corrected chi connectivity index (χ4v) is 4.19. The number of carbonyl (C=O) groups excluding carboxylic acids is 1. The number of aromatic nitrogens is 1. The summed E-state index contributed by atoms with van der Waals surface area (Å²) in [6.45, 7) is 0.477. The Kier molecular flexibility index (Phi) is 6.60. The molecule has 0 saturated heterocycles. The molecule has 1 unspecified atom stereocenters. The minimum atomic E-state index is -1.80. The van der Waals surface area contributed by atoms with Gasteiger partial charge in [-0.05, 0) is 38.5 Å². The summed E-state index contributed by atoms with van der Waals surface area (Å²) < 4.78 is 36.7. The average Bonchev–Trinajstić information content (AvgIpc) is 3.18. The van der Waals surface area contributed by atoms with Crippen LogP contribution < -0.4 is 5.32 Å². The van der Waals surface area contributed by atoms with Crippen LogP contribution in [0.5, 0.6) is 0 Å². The Hall–Kier alpha value is -1.79. The number of halogens is 2. The summed E-state index contributed by atoms with van der Waals surface area (Å²) in [6.07, 6.45) is 3.14. The molecule has 2 aromatic rings. The summed E-state index contributed by atoms with van der Waals surface area (Å²) in [7, 11) is 1.51. The summed E-state index contributed by atoms with van der Waals surface area (Å²) in [6, 6.07) is 4.12. The maximum atomic E-state index is 13.4. The van der Waals surface area contributed by atoms with Crippen LogP contribution in [0.2, 0.25) is 0 Å². The molecule has 1 N–H and O–H groups in total. The van der Waals surface area contributed by atoms with Gasteiger partial charge >= 0.3 is 0 Å². The Balaban J connectivity index is 1.89. The van der Waals surface area contributed by atoms with Crippen LogP contribution >= 0.6 is 27.3 Å². The van der Waals surface area contributed by atoms with E-state index >= 15 is 0 Å². The molecule has 1 aliphatic rings. The van der Waals surface area contributed by atoms with Crippen molar-refractivity contribution >= 4 is 56.1 Å². The van der Waals surface area contributed by atoms with Gasteiger partial charge in [0.1, 0.15) is 10.8 Å². The number of hydrogen-bond acceptors (Lipinski definition) is 7. The molecule has 0 saturated carbocycles. The number of methoxy groups -OCH3 is 1. The van der Waals surface area contributed by atoms with Crippen molar-refractivity contribution in [1.29, 1.82) is 0 Å². The molecule has 1 atom stereocenters. The van der Waals surface area contributed by atoms with Gasteiger partial charge in [0.05, 0.1) is 17.6 Å². The van der Waals surface area contributed by atoms with Crippen LogP contribution in [0.15, 0.2) is 50.4 Å². The van der Waals surface area contributed by atoms with Gasteiger partial charge in [0.25, 0.3) is 5.91 Å². The molecule has 0 radical (unpaired) electrons. The number of rotatable bonds is 6. The van der Waals surface area contributed by atoms with Crippen molar-refractivity contribution in [3.8, 4) is 0 Å². The molecule has 3 rings (SSSR count). The number of carbonyl (C=O) groups is 1. The lowest BCUT2D eigenvalue weighted by molar-refractivity contribution is -0.113. The highest BCUT2D eigenvalue weighted by atomic mass is 79.9. The molecule has 27 heavy (non-hydrogen) atoms. The van der Waals surface area contributed by atoms with Gasteiger partial charge in [-0.2, -0.15) is 4.31 Å². The minimum Gasteiger partial charge on any atom is -0.566 e. The molecule has 1 amide bonds. The first-order valence-corrected chi connectivity index (χ1v) is 10.4. The number of benzene rings is 1. The number of nitrogens with zero attached hydrogens (tertiary/aromatic N) is 3. The molecule has 0 fully saturated rings. The molecule has 2 heterocycles. The Morgan fingerprint density at radius 1 is 1.52 bits per heavy atom. The quantitative estimate of drug-likeness (QED) is 0.652. The molecule has 11 heteroatoms. The zero-order valence-corrected chi connectivity index (χ0v) is 17.2. The van der Waals surface area contributed by atoms with E-state index in [2.05, 4.69) is 30.6 Å². The SMILES string of the molecule is COCCN1C(C(=O)Nc2ccc(F)c(Br)c2)=CC(c2nccs2)=N[S+]1[O-]. The van der Waals surface area contributed by atoms with Crippen LogP contribution in [0.4, 0.5) is 10.1 Å². The Bertz CT molecular complexity index is 892. The normalized spacial score (nSPS) is 16.7. The smallest absolute Gasteiger partial charge is 0.276 e. The second-order valence-corrected chi connectivity index (χ2v) is 8.09. The minimum absolute atomic E-state index is 0.158. The lowest BCUT2D eigenvalue weighted by Crippen LogP contribution is -2.40. The number of anilines is 1. The maximum Gasteiger partial charge on any atom is 0.276 e. The van der Waals surface area contributed by atoms with Gasteiger partial charge in [-0.1, -0.05) is 0 Å². The van der Waals surface area contributed by atoms with E-state index in [4.69, 9.17) is 4.74 Å². The number of thiazole rings is 1. The molecule has 1 aromatic heterocycles. The largest absolute Gasteiger partial charge is 0.566 e. The second-order valence-electron chi connectivity index (χ2n) is 5.25. The summed E-state index contributed by atoms with van der Waals surface area (Å²) in [5.41, 5.74) is 0.915. The first kappa shape index (κ1) is 20.0. The van der Waals surface area contributed by atoms with Gasteiger partial charge in [0, 0.05) is 30.5 Å². The molecule has 0 bridgehead atoms. The molecule has 0 aliphatic carbocycles. The van der Waals surface area contributed by atoms with E-state index in [-0.39, 0.29) is 23.3 Å². The topological polar surface area (TPSA) is 89.9 Å². The lowest BCUT2D eigenvalue weighted by Gasteiger charge is -2.26. The van der Waals surface area contributed by atoms with E-state index in [0.29, 0.717) is 16.4 Å². The second kappa shape index (κ2) is 8.93. The number of nitrogens with one attached hydrogen (secondary N) is 1. The first-order chi connectivity index (χ1) is 13.0. The first-order valence-electron chi connectivity index (χ1n) is 7.64. The predicted octanol–water partition coefficient (Wildman–Crippen LogP) is 2.90.